The number of nitrogens with zero attached hydrogens (tertiary/aromatic N) is 7. The van der Waals surface area contributed by atoms with Crippen LogP contribution in [0.3, 0.4) is 0 Å². The topological polar surface area (TPSA) is 83.0 Å². The minimum Gasteiger partial charge on any atom is -0.476 e. The van der Waals surface area contributed by atoms with Gasteiger partial charge in [-0.05, 0) is 19.4 Å². The van der Waals surface area contributed by atoms with Crippen molar-refractivity contribution in [2.45, 2.75) is 19.3 Å². The Morgan fingerprint density at radius 3 is 2.61 bits per heavy atom. The molecule has 0 radical (unpaired) electrons. The van der Waals surface area contributed by atoms with Crippen LogP contribution in [0.1, 0.15) is 23.7 Å². The van der Waals surface area contributed by atoms with Gasteiger partial charge in [0.05, 0.1) is 18.0 Å². The lowest BCUT2D eigenvalue weighted by Crippen LogP contribution is -2.28. The van der Waals surface area contributed by atoms with Gasteiger partial charge in [-0.15, -0.1) is 5.10 Å². The van der Waals surface area contributed by atoms with E-state index in [4.69, 9.17) is 4.74 Å². The van der Waals surface area contributed by atoms with Gasteiger partial charge in [0.15, 0.2) is 0 Å². The maximum Gasteiger partial charge on any atom is 0.290 e. The summed E-state index contributed by atoms with van der Waals surface area (Å²) < 4.78 is 10.8. The predicted molar refractivity (Wildman–Crippen MR) is 105 cm³/mol. The van der Waals surface area contributed by atoms with Crippen molar-refractivity contribution in [3.63, 3.8) is 0 Å². The molecule has 0 bridgehead atoms. The smallest absolute Gasteiger partial charge is 0.290 e. The van der Waals surface area contributed by atoms with Crippen molar-refractivity contribution in [1.82, 2.24) is 29.3 Å². The SMILES string of the molecule is Cc1cc(N(C)c2cc(OC[C@H]3C[C@@H]3c3ccn(C)n3)nn(C)c2=O)n(C)n1. The molecular weight excluding hydrogens is 358 g/mol. The Morgan fingerprint density at radius 1 is 1.18 bits per heavy atom. The fraction of sp³-hybridized carbons (Fsp3) is 0.474. The molecule has 0 spiro atoms. The maximum absolute atomic E-state index is 12.6. The van der Waals surface area contributed by atoms with Gasteiger partial charge in [0.2, 0.25) is 5.88 Å². The second-order valence-corrected chi connectivity index (χ2v) is 7.45. The highest BCUT2D eigenvalue weighted by molar-refractivity contribution is 5.59. The van der Waals surface area contributed by atoms with Crippen LogP contribution in [0.2, 0.25) is 0 Å². The van der Waals surface area contributed by atoms with Crippen molar-refractivity contribution >= 4 is 11.5 Å². The molecule has 9 heteroatoms. The van der Waals surface area contributed by atoms with E-state index >= 15 is 0 Å². The van der Waals surface area contributed by atoms with Gasteiger partial charge in [-0.25, -0.2) is 4.68 Å². The summed E-state index contributed by atoms with van der Waals surface area (Å²) >= 11 is 0. The highest BCUT2D eigenvalue weighted by Crippen LogP contribution is 2.46. The van der Waals surface area contributed by atoms with E-state index in [9.17, 15) is 4.79 Å². The largest absolute Gasteiger partial charge is 0.476 e. The average molecular weight is 383 g/mol. The Hall–Kier alpha value is -3.10. The van der Waals surface area contributed by atoms with Gasteiger partial charge in [0, 0.05) is 58.4 Å². The molecule has 3 heterocycles. The van der Waals surface area contributed by atoms with Crippen molar-refractivity contribution in [3.05, 3.63) is 46.1 Å². The molecule has 9 nitrogen and oxygen atoms in total. The molecule has 1 fully saturated rings. The molecule has 4 rings (SSSR count). The van der Waals surface area contributed by atoms with Gasteiger partial charge in [0.1, 0.15) is 11.5 Å². The first-order valence-electron chi connectivity index (χ1n) is 9.28. The lowest BCUT2D eigenvalue weighted by atomic mass is 10.2. The number of anilines is 2. The van der Waals surface area contributed by atoms with Crippen molar-refractivity contribution in [3.8, 4) is 5.88 Å². The molecule has 148 valence electrons. The van der Waals surface area contributed by atoms with Crippen molar-refractivity contribution in [2.75, 3.05) is 18.6 Å². The van der Waals surface area contributed by atoms with Gasteiger partial charge in [-0.2, -0.15) is 10.2 Å². The summed E-state index contributed by atoms with van der Waals surface area (Å²) in [7, 11) is 7.25. The van der Waals surface area contributed by atoms with Crippen LogP contribution in [0.15, 0.2) is 29.2 Å². The van der Waals surface area contributed by atoms with Gasteiger partial charge in [-0.1, -0.05) is 0 Å². The Balaban J connectivity index is 1.50. The molecule has 0 amide bonds. The molecule has 0 aromatic carbocycles. The van der Waals surface area contributed by atoms with E-state index < -0.39 is 0 Å². The highest BCUT2D eigenvalue weighted by Gasteiger charge is 2.40. The zero-order valence-electron chi connectivity index (χ0n) is 16.8. The number of hydrogen-bond acceptors (Lipinski definition) is 6. The van der Waals surface area contributed by atoms with E-state index in [0.29, 0.717) is 30.0 Å². The van der Waals surface area contributed by atoms with Crippen LogP contribution in [0.5, 0.6) is 5.88 Å². The molecule has 28 heavy (non-hydrogen) atoms. The highest BCUT2D eigenvalue weighted by atomic mass is 16.5. The number of aryl methyl sites for hydroxylation is 4. The summed E-state index contributed by atoms with van der Waals surface area (Å²) in [6.07, 6.45) is 3.02. The van der Waals surface area contributed by atoms with Crippen molar-refractivity contribution < 1.29 is 4.74 Å². The third kappa shape index (κ3) is 3.39. The molecule has 1 aliphatic carbocycles. The van der Waals surface area contributed by atoms with E-state index in [0.717, 1.165) is 23.6 Å². The van der Waals surface area contributed by atoms with E-state index in [1.165, 1.54) is 4.68 Å². The zero-order valence-corrected chi connectivity index (χ0v) is 16.8. The van der Waals surface area contributed by atoms with E-state index in [-0.39, 0.29) is 5.56 Å². The van der Waals surface area contributed by atoms with E-state index in [2.05, 4.69) is 21.4 Å². The normalized spacial score (nSPS) is 18.3. The van der Waals surface area contributed by atoms with Gasteiger partial charge in [0.25, 0.3) is 5.56 Å². The van der Waals surface area contributed by atoms with Crippen LogP contribution >= 0.6 is 0 Å². The summed E-state index contributed by atoms with van der Waals surface area (Å²) in [5.41, 5.74) is 2.30. The Kier molecular flexibility index (Phi) is 4.44. The predicted octanol–water partition coefficient (Wildman–Crippen LogP) is 1.51. The van der Waals surface area contributed by atoms with Crippen molar-refractivity contribution in [1.29, 1.82) is 0 Å². The van der Waals surface area contributed by atoms with Gasteiger partial charge >= 0.3 is 0 Å². The van der Waals surface area contributed by atoms with Crippen LogP contribution in [0, 0.1) is 12.8 Å². The molecule has 0 saturated heterocycles. The fourth-order valence-electron chi connectivity index (χ4n) is 3.53. The van der Waals surface area contributed by atoms with E-state index in [1.807, 2.05) is 49.9 Å². The first kappa shape index (κ1) is 18.3. The van der Waals surface area contributed by atoms with Gasteiger partial charge < -0.3 is 9.64 Å². The zero-order chi connectivity index (χ0) is 20.0. The van der Waals surface area contributed by atoms with Crippen LogP contribution in [0.4, 0.5) is 11.5 Å². The summed E-state index contributed by atoms with van der Waals surface area (Å²) in [6.45, 7) is 2.48. The Morgan fingerprint density at radius 2 is 1.96 bits per heavy atom. The third-order valence-electron chi connectivity index (χ3n) is 5.19. The third-order valence-corrected chi connectivity index (χ3v) is 5.19. The number of hydrogen-bond donors (Lipinski definition) is 0. The second kappa shape index (κ2) is 6.81. The van der Waals surface area contributed by atoms with Crippen molar-refractivity contribution in [2.24, 2.45) is 27.1 Å². The van der Waals surface area contributed by atoms with Crippen LogP contribution < -0.4 is 15.2 Å². The number of rotatable bonds is 6. The minimum atomic E-state index is -0.188. The monoisotopic (exact) mass is 383 g/mol. The molecule has 2 atom stereocenters. The fourth-order valence-corrected chi connectivity index (χ4v) is 3.53. The number of aromatic nitrogens is 6. The average Bonchev–Trinajstić information content (AvgIpc) is 3.17. The molecular formula is C19H25N7O2. The minimum absolute atomic E-state index is 0.188. The first-order chi connectivity index (χ1) is 13.3. The summed E-state index contributed by atoms with van der Waals surface area (Å²) in [5.74, 6) is 2.13. The lowest BCUT2D eigenvalue weighted by molar-refractivity contribution is 0.278. The standard InChI is InChI=1S/C19H25N7O2/c1-12-8-18(25(4)20-12)24(3)16-10-17(22-26(5)19(16)27)28-11-13-9-14(13)15-6-7-23(2)21-15/h6-8,10,13-14H,9,11H2,1-5H3/t13-,14+/m1/s1. The van der Waals surface area contributed by atoms with Crippen LogP contribution in [-0.2, 0) is 21.1 Å². The van der Waals surface area contributed by atoms with Crippen LogP contribution in [0.25, 0.3) is 0 Å². The molecule has 0 N–H and O–H groups in total. The molecule has 3 aromatic rings. The summed E-state index contributed by atoms with van der Waals surface area (Å²) in [6, 6.07) is 5.68. The lowest BCUT2D eigenvalue weighted by Gasteiger charge is -2.19. The van der Waals surface area contributed by atoms with E-state index in [1.54, 1.807) is 17.8 Å². The Bertz CT molecular complexity index is 1060. The molecule has 3 aromatic heterocycles. The van der Waals surface area contributed by atoms with Gasteiger partial charge in [-0.3, -0.25) is 14.2 Å². The molecule has 1 aliphatic rings. The number of ether oxygens (including phenoxy) is 1. The second-order valence-electron chi connectivity index (χ2n) is 7.45. The molecule has 0 aliphatic heterocycles. The molecule has 0 unspecified atom stereocenters. The van der Waals surface area contributed by atoms with Crippen LogP contribution in [-0.4, -0.2) is 43.0 Å². The first-order valence-corrected chi connectivity index (χ1v) is 9.28. The summed E-state index contributed by atoms with van der Waals surface area (Å²) in [4.78, 5) is 14.4. The Labute approximate surface area is 163 Å². The summed E-state index contributed by atoms with van der Waals surface area (Å²) in [5, 5.41) is 13.1. The quantitative estimate of drug-likeness (QED) is 0.642. The molecule has 1 saturated carbocycles. The maximum atomic E-state index is 12.6.